The third-order valence-electron chi connectivity index (χ3n) is 5.10. The molecule has 1 atom stereocenters. The predicted octanol–water partition coefficient (Wildman–Crippen LogP) is 1.67. The second-order valence-electron chi connectivity index (χ2n) is 7.87. The third kappa shape index (κ3) is 7.46. The monoisotopic (exact) mass is 390 g/mol. The molecule has 2 amide bonds. The molecule has 7 nitrogen and oxygen atoms in total. The van der Waals surface area contributed by atoms with Gasteiger partial charge in [0.2, 0.25) is 11.8 Å². The minimum atomic E-state index is -0.0906. The Bertz CT molecular complexity index is 601. The maximum Gasteiger partial charge on any atom is 0.223 e. The van der Waals surface area contributed by atoms with Gasteiger partial charge in [-0.2, -0.15) is 0 Å². The first-order valence-electron chi connectivity index (χ1n) is 10.3. The molecule has 1 aromatic rings. The maximum atomic E-state index is 12.4. The molecule has 1 fully saturated rings. The number of carbonyl (C=O) groups excluding carboxylic acids is 2. The van der Waals surface area contributed by atoms with Gasteiger partial charge in [-0.1, -0.05) is 19.9 Å². The standard InChI is InChI=1S/C21H34N4O3/c1-17(2)15-18(8-14-26)16-23-20(27)6-7-21(28)25-12-10-24(11-13-25)19-5-3-4-9-22-19/h3-5,9,17-18,26H,6-8,10-16H2,1-2H3,(H,23,27)/t18-/m1/s1. The van der Waals surface area contributed by atoms with Gasteiger partial charge in [0.25, 0.3) is 0 Å². The number of anilines is 1. The first kappa shape index (κ1) is 22.1. The molecule has 0 spiro atoms. The highest BCUT2D eigenvalue weighted by Crippen LogP contribution is 2.15. The fraction of sp³-hybridized carbons (Fsp3) is 0.667. The molecule has 1 aromatic heterocycles. The topological polar surface area (TPSA) is 85.8 Å². The van der Waals surface area contributed by atoms with Gasteiger partial charge in [0.1, 0.15) is 5.82 Å². The van der Waals surface area contributed by atoms with Crippen molar-refractivity contribution >= 4 is 17.6 Å². The van der Waals surface area contributed by atoms with Crippen LogP contribution in [-0.4, -0.2) is 66.1 Å². The molecule has 28 heavy (non-hydrogen) atoms. The van der Waals surface area contributed by atoms with E-state index in [1.807, 2.05) is 23.1 Å². The quantitative estimate of drug-likeness (QED) is 0.635. The van der Waals surface area contributed by atoms with Crippen LogP contribution in [0.4, 0.5) is 5.82 Å². The van der Waals surface area contributed by atoms with Crippen LogP contribution in [0.3, 0.4) is 0 Å². The summed E-state index contributed by atoms with van der Waals surface area (Å²) in [6, 6.07) is 5.83. The van der Waals surface area contributed by atoms with Crippen molar-refractivity contribution in [3.8, 4) is 0 Å². The Kier molecular flexibility index (Phi) is 9.20. The van der Waals surface area contributed by atoms with E-state index >= 15 is 0 Å². The Morgan fingerprint density at radius 1 is 1.18 bits per heavy atom. The van der Waals surface area contributed by atoms with Gasteiger partial charge in [-0.05, 0) is 36.8 Å². The molecular weight excluding hydrogens is 356 g/mol. The highest BCUT2D eigenvalue weighted by atomic mass is 16.3. The molecular formula is C21H34N4O3. The van der Waals surface area contributed by atoms with E-state index in [0.717, 1.165) is 25.3 Å². The Morgan fingerprint density at radius 3 is 2.54 bits per heavy atom. The van der Waals surface area contributed by atoms with Crippen molar-refractivity contribution in [2.75, 3.05) is 44.2 Å². The zero-order valence-electron chi connectivity index (χ0n) is 17.1. The van der Waals surface area contributed by atoms with Gasteiger partial charge in [-0.3, -0.25) is 9.59 Å². The molecule has 1 aliphatic heterocycles. The molecule has 2 heterocycles. The molecule has 156 valence electrons. The average Bonchev–Trinajstić information content (AvgIpc) is 2.71. The summed E-state index contributed by atoms with van der Waals surface area (Å²) in [5.41, 5.74) is 0. The number of piperazine rings is 1. The van der Waals surface area contributed by atoms with Crippen LogP contribution in [0.15, 0.2) is 24.4 Å². The van der Waals surface area contributed by atoms with Crippen LogP contribution in [-0.2, 0) is 9.59 Å². The first-order valence-corrected chi connectivity index (χ1v) is 10.3. The number of nitrogens with zero attached hydrogens (tertiary/aromatic N) is 3. The van der Waals surface area contributed by atoms with E-state index in [1.54, 1.807) is 6.20 Å². The number of rotatable bonds is 10. The van der Waals surface area contributed by atoms with Crippen molar-refractivity contribution in [1.29, 1.82) is 0 Å². The van der Waals surface area contributed by atoms with Gasteiger partial charge in [0, 0.05) is 58.4 Å². The van der Waals surface area contributed by atoms with Crippen LogP contribution in [0.2, 0.25) is 0 Å². The summed E-state index contributed by atoms with van der Waals surface area (Å²) in [4.78, 5) is 32.9. The fourth-order valence-corrected chi connectivity index (χ4v) is 3.60. The SMILES string of the molecule is CC(C)C[C@@H](CCO)CNC(=O)CCC(=O)N1CCN(c2ccccn2)CC1. The molecule has 0 radical (unpaired) electrons. The van der Waals surface area contributed by atoms with Gasteiger partial charge < -0.3 is 20.2 Å². The van der Waals surface area contributed by atoms with Crippen molar-refractivity contribution in [2.45, 2.75) is 39.5 Å². The van der Waals surface area contributed by atoms with Crippen molar-refractivity contribution < 1.29 is 14.7 Å². The van der Waals surface area contributed by atoms with Crippen LogP contribution >= 0.6 is 0 Å². The van der Waals surface area contributed by atoms with E-state index in [2.05, 4.69) is 29.0 Å². The van der Waals surface area contributed by atoms with Crippen LogP contribution in [0.25, 0.3) is 0 Å². The fourth-order valence-electron chi connectivity index (χ4n) is 3.60. The van der Waals surface area contributed by atoms with E-state index in [-0.39, 0.29) is 37.2 Å². The average molecular weight is 391 g/mol. The van der Waals surface area contributed by atoms with Crippen LogP contribution in [0.5, 0.6) is 0 Å². The van der Waals surface area contributed by atoms with Gasteiger partial charge in [0.15, 0.2) is 0 Å². The van der Waals surface area contributed by atoms with E-state index in [0.29, 0.717) is 32.0 Å². The number of hydrogen-bond acceptors (Lipinski definition) is 5. The van der Waals surface area contributed by atoms with E-state index < -0.39 is 0 Å². The summed E-state index contributed by atoms with van der Waals surface area (Å²) in [5.74, 6) is 1.69. The van der Waals surface area contributed by atoms with E-state index in [1.165, 1.54) is 0 Å². The van der Waals surface area contributed by atoms with Gasteiger partial charge in [-0.25, -0.2) is 4.98 Å². The summed E-state index contributed by atoms with van der Waals surface area (Å²) in [6.07, 6.45) is 3.90. The zero-order chi connectivity index (χ0) is 20.4. The largest absolute Gasteiger partial charge is 0.396 e. The minimum absolute atomic E-state index is 0.0323. The Balaban J connectivity index is 1.67. The molecule has 7 heteroatoms. The summed E-state index contributed by atoms with van der Waals surface area (Å²) < 4.78 is 0. The Hall–Kier alpha value is -2.15. The number of nitrogens with one attached hydrogen (secondary N) is 1. The third-order valence-corrected chi connectivity index (χ3v) is 5.10. The molecule has 1 saturated heterocycles. The number of aliphatic hydroxyl groups is 1. The highest BCUT2D eigenvalue weighted by Gasteiger charge is 2.22. The first-order chi connectivity index (χ1) is 13.5. The lowest BCUT2D eigenvalue weighted by molar-refractivity contribution is -0.133. The minimum Gasteiger partial charge on any atom is -0.396 e. The second kappa shape index (κ2) is 11.6. The molecule has 1 aliphatic rings. The summed E-state index contributed by atoms with van der Waals surface area (Å²) in [7, 11) is 0. The highest BCUT2D eigenvalue weighted by molar-refractivity contribution is 5.83. The molecule has 0 unspecified atom stereocenters. The van der Waals surface area contributed by atoms with Crippen molar-refractivity contribution in [3.05, 3.63) is 24.4 Å². The van der Waals surface area contributed by atoms with Gasteiger partial charge >= 0.3 is 0 Å². The lowest BCUT2D eigenvalue weighted by Crippen LogP contribution is -2.49. The molecule has 0 bridgehead atoms. The zero-order valence-corrected chi connectivity index (χ0v) is 17.1. The number of aromatic nitrogens is 1. The van der Waals surface area contributed by atoms with E-state index in [9.17, 15) is 9.59 Å². The van der Waals surface area contributed by atoms with Crippen LogP contribution in [0, 0.1) is 11.8 Å². The number of hydrogen-bond donors (Lipinski definition) is 2. The van der Waals surface area contributed by atoms with Crippen molar-refractivity contribution in [3.63, 3.8) is 0 Å². The molecule has 0 aliphatic carbocycles. The molecule has 0 aromatic carbocycles. The number of pyridine rings is 1. The number of aliphatic hydroxyl groups excluding tert-OH is 1. The number of amides is 2. The summed E-state index contributed by atoms with van der Waals surface area (Å²) in [6.45, 7) is 7.80. The van der Waals surface area contributed by atoms with E-state index in [4.69, 9.17) is 5.11 Å². The normalized spacial score (nSPS) is 15.6. The predicted molar refractivity (Wildman–Crippen MR) is 110 cm³/mol. The lowest BCUT2D eigenvalue weighted by atomic mass is 9.94. The Labute approximate surface area is 168 Å². The van der Waals surface area contributed by atoms with Gasteiger partial charge in [0.05, 0.1) is 0 Å². The van der Waals surface area contributed by atoms with Crippen molar-refractivity contribution in [2.24, 2.45) is 11.8 Å². The molecule has 0 saturated carbocycles. The smallest absolute Gasteiger partial charge is 0.223 e. The maximum absolute atomic E-state index is 12.4. The van der Waals surface area contributed by atoms with Crippen LogP contribution in [0.1, 0.15) is 39.5 Å². The van der Waals surface area contributed by atoms with Gasteiger partial charge in [-0.15, -0.1) is 0 Å². The second-order valence-corrected chi connectivity index (χ2v) is 7.87. The summed E-state index contributed by atoms with van der Waals surface area (Å²) >= 11 is 0. The molecule has 2 rings (SSSR count). The van der Waals surface area contributed by atoms with Crippen molar-refractivity contribution in [1.82, 2.24) is 15.2 Å². The number of carbonyl (C=O) groups is 2. The van der Waals surface area contributed by atoms with Crippen LogP contribution < -0.4 is 10.2 Å². The Morgan fingerprint density at radius 2 is 1.93 bits per heavy atom. The molecule has 2 N–H and O–H groups in total. The summed E-state index contributed by atoms with van der Waals surface area (Å²) in [5, 5.41) is 12.1. The lowest BCUT2D eigenvalue weighted by Gasteiger charge is -2.35.